The molecule has 1 aromatic carbocycles. The number of hydrogen-bond donors (Lipinski definition) is 0. The van der Waals surface area contributed by atoms with E-state index in [4.69, 9.17) is 12.2 Å². The molecule has 1 heterocycles. The van der Waals surface area contributed by atoms with Crippen molar-refractivity contribution in [2.45, 2.75) is 12.8 Å². The number of amides is 1. The van der Waals surface area contributed by atoms with Crippen LogP contribution in [-0.4, -0.2) is 27.6 Å². The Kier molecular flexibility index (Phi) is 5.55. The Bertz CT molecular complexity index is 630. The van der Waals surface area contributed by atoms with Crippen LogP contribution in [0.5, 0.6) is 0 Å². The van der Waals surface area contributed by atoms with Gasteiger partial charge in [0, 0.05) is 17.0 Å². The van der Waals surface area contributed by atoms with E-state index in [1.165, 1.54) is 16.7 Å². The van der Waals surface area contributed by atoms with Gasteiger partial charge in [0.15, 0.2) is 0 Å². The van der Waals surface area contributed by atoms with Gasteiger partial charge in [0.2, 0.25) is 0 Å². The quantitative estimate of drug-likeness (QED) is 0.575. The lowest BCUT2D eigenvalue weighted by molar-refractivity contribution is -0.305. The molecule has 1 saturated heterocycles. The molecule has 1 aliphatic heterocycles. The fraction of sp³-hybridized carbons (Fsp3) is 0.214. The van der Waals surface area contributed by atoms with Gasteiger partial charge in [-0.3, -0.25) is 9.69 Å². The number of thioether (sulfide) groups is 1. The topological polar surface area (TPSA) is 60.4 Å². The minimum absolute atomic E-state index is 0.0816. The molecule has 0 spiro atoms. The molecule has 7 heteroatoms. The summed E-state index contributed by atoms with van der Waals surface area (Å²) in [6.07, 6.45) is 2.03. The molecule has 0 saturated carbocycles. The Morgan fingerprint density at radius 2 is 2.24 bits per heavy atom. The van der Waals surface area contributed by atoms with Crippen molar-refractivity contribution in [1.82, 2.24) is 4.90 Å². The Labute approximate surface area is 140 Å². The number of thiocarbonyl (C=S) groups is 1. The number of rotatable bonds is 5. The van der Waals surface area contributed by atoms with Gasteiger partial charge in [-0.2, -0.15) is 0 Å². The van der Waals surface area contributed by atoms with Gasteiger partial charge in [-0.1, -0.05) is 52.0 Å². The zero-order valence-electron chi connectivity index (χ0n) is 10.9. The van der Waals surface area contributed by atoms with Gasteiger partial charge in [0.05, 0.1) is 4.91 Å². The van der Waals surface area contributed by atoms with Crippen molar-refractivity contribution in [3.63, 3.8) is 0 Å². The van der Waals surface area contributed by atoms with Crippen LogP contribution in [0, 0.1) is 0 Å². The molecule has 21 heavy (non-hydrogen) atoms. The number of hydrogen-bond acceptors (Lipinski definition) is 5. The second-order valence-corrected chi connectivity index (χ2v) is 6.96. The maximum atomic E-state index is 12.3. The minimum atomic E-state index is -1.12. The smallest absolute Gasteiger partial charge is 0.266 e. The normalized spacial score (nSPS) is 16.8. The number of carboxylic acids is 1. The maximum Gasteiger partial charge on any atom is 0.266 e. The summed E-state index contributed by atoms with van der Waals surface area (Å²) >= 11 is 9.78. The van der Waals surface area contributed by atoms with E-state index in [9.17, 15) is 14.7 Å². The Morgan fingerprint density at radius 1 is 1.48 bits per heavy atom. The summed E-state index contributed by atoms with van der Waals surface area (Å²) in [6.45, 7) is 0.300. The number of carbonyl (C=O) groups is 2. The molecule has 1 fully saturated rings. The first-order valence-corrected chi connectivity index (χ1v) is 8.20. The van der Waals surface area contributed by atoms with Crippen LogP contribution in [0.1, 0.15) is 18.4 Å². The lowest BCUT2D eigenvalue weighted by Gasteiger charge is -2.14. The van der Waals surface area contributed by atoms with Crippen LogP contribution in [0.4, 0.5) is 0 Å². The summed E-state index contributed by atoms with van der Waals surface area (Å²) in [4.78, 5) is 24.6. The Morgan fingerprint density at radius 3 is 2.90 bits per heavy atom. The second-order valence-electron chi connectivity index (χ2n) is 4.36. The molecule has 110 valence electrons. The lowest BCUT2D eigenvalue weighted by atomic mass is 10.2. The van der Waals surface area contributed by atoms with E-state index in [1.807, 2.05) is 24.3 Å². The van der Waals surface area contributed by atoms with Crippen LogP contribution in [0.3, 0.4) is 0 Å². The SMILES string of the molecule is O=C([O-])CCCN1C(=O)/C(=C/c2cccc(Br)c2)SC1=S. The van der Waals surface area contributed by atoms with Gasteiger partial charge in [0.25, 0.3) is 5.91 Å². The number of halogens is 1. The molecular formula is C14H11BrNO3S2-. The highest BCUT2D eigenvalue weighted by molar-refractivity contribution is 9.10. The van der Waals surface area contributed by atoms with Crippen molar-refractivity contribution in [2.24, 2.45) is 0 Å². The summed E-state index contributed by atoms with van der Waals surface area (Å²) in [5.74, 6) is -1.30. The Hall–Kier alpha value is -1.18. The fourth-order valence-corrected chi connectivity index (χ4v) is 3.55. The van der Waals surface area contributed by atoms with Crippen LogP contribution in [0.25, 0.3) is 6.08 Å². The molecule has 0 aromatic heterocycles. The van der Waals surface area contributed by atoms with Crippen LogP contribution in [-0.2, 0) is 9.59 Å². The van der Waals surface area contributed by atoms with Crippen molar-refractivity contribution in [3.05, 3.63) is 39.2 Å². The molecule has 1 aliphatic rings. The van der Waals surface area contributed by atoms with E-state index in [-0.39, 0.29) is 12.3 Å². The van der Waals surface area contributed by atoms with E-state index in [0.29, 0.717) is 22.2 Å². The van der Waals surface area contributed by atoms with Crippen molar-refractivity contribution >= 4 is 62.2 Å². The summed E-state index contributed by atoms with van der Waals surface area (Å²) in [7, 11) is 0. The summed E-state index contributed by atoms with van der Waals surface area (Å²) < 4.78 is 1.39. The molecule has 1 amide bonds. The first-order valence-electron chi connectivity index (χ1n) is 6.18. The van der Waals surface area contributed by atoms with Gasteiger partial charge in [-0.05, 0) is 36.6 Å². The first-order chi connectivity index (χ1) is 9.97. The van der Waals surface area contributed by atoms with E-state index in [2.05, 4.69) is 15.9 Å². The van der Waals surface area contributed by atoms with Crippen molar-refractivity contribution in [2.75, 3.05) is 6.54 Å². The van der Waals surface area contributed by atoms with E-state index in [1.54, 1.807) is 6.08 Å². The summed E-state index contributed by atoms with van der Waals surface area (Å²) in [5, 5.41) is 10.4. The molecule has 0 N–H and O–H groups in total. The Balaban J connectivity index is 2.08. The molecule has 2 rings (SSSR count). The lowest BCUT2D eigenvalue weighted by Crippen LogP contribution is -2.30. The van der Waals surface area contributed by atoms with E-state index >= 15 is 0 Å². The largest absolute Gasteiger partial charge is 0.550 e. The van der Waals surface area contributed by atoms with E-state index < -0.39 is 5.97 Å². The van der Waals surface area contributed by atoms with Crippen LogP contribution in [0.15, 0.2) is 33.6 Å². The summed E-state index contributed by atoms with van der Waals surface area (Å²) in [5.41, 5.74) is 0.902. The third-order valence-corrected chi connectivity index (χ3v) is 4.65. The average Bonchev–Trinajstić information content (AvgIpc) is 2.66. The summed E-state index contributed by atoms with van der Waals surface area (Å²) in [6, 6.07) is 7.59. The van der Waals surface area contributed by atoms with Crippen LogP contribution >= 0.6 is 39.9 Å². The monoisotopic (exact) mass is 384 g/mol. The van der Waals surface area contributed by atoms with Gasteiger partial charge in [0.1, 0.15) is 4.32 Å². The van der Waals surface area contributed by atoms with Crippen molar-refractivity contribution < 1.29 is 14.7 Å². The van der Waals surface area contributed by atoms with Gasteiger partial charge in [-0.15, -0.1) is 0 Å². The molecule has 4 nitrogen and oxygen atoms in total. The average molecular weight is 385 g/mol. The standard InChI is InChI=1S/C14H12BrNO3S2/c15-10-4-1-3-9(7-10)8-11-13(19)16(14(20)21-11)6-2-5-12(17)18/h1,3-4,7-8H,2,5-6H2,(H,17,18)/p-1/b11-8-. The molecule has 1 aromatic rings. The number of carboxylic acid groups (broad SMARTS) is 1. The van der Waals surface area contributed by atoms with Crippen LogP contribution in [0.2, 0.25) is 0 Å². The molecule has 0 atom stereocenters. The zero-order valence-corrected chi connectivity index (χ0v) is 14.1. The van der Waals surface area contributed by atoms with Crippen molar-refractivity contribution in [1.29, 1.82) is 0 Å². The third kappa shape index (κ3) is 4.39. The molecule has 0 aliphatic carbocycles. The molecule has 0 unspecified atom stereocenters. The molecular weight excluding hydrogens is 374 g/mol. The predicted octanol–water partition coefficient (Wildman–Crippen LogP) is 2.18. The molecule has 0 bridgehead atoms. The highest BCUT2D eigenvalue weighted by Crippen LogP contribution is 2.32. The van der Waals surface area contributed by atoms with Gasteiger partial charge >= 0.3 is 0 Å². The second kappa shape index (κ2) is 7.20. The van der Waals surface area contributed by atoms with Gasteiger partial charge in [-0.25, -0.2) is 0 Å². The van der Waals surface area contributed by atoms with Crippen molar-refractivity contribution in [3.8, 4) is 0 Å². The highest BCUT2D eigenvalue weighted by atomic mass is 79.9. The maximum absolute atomic E-state index is 12.3. The fourth-order valence-electron chi connectivity index (χ4n) is 1.82. The highest BCUT2D eigenvalue weighted by Gasteiger charge is 2.31. The zero-order chi connectivity index (χ0) is 15.4. The molecule has 0 radical (unpaired) electrons. The third-order valence-electron chi connectivity index (χ3n) is 2.78. The van der Waals surface area contributed by atoms with Crippen LogP contribution < -0.4 is 5.11 Å². The minimum Gasteiger partial charge on any atom is -0.550 e. The van der Waals surface area contributed by atoms with E-state index in [0.717, 1.165) is 10.0 Å². The number of nitrogens with zero attached hydrogens (tertiary/aromatic N) is 1. The number of carbonyl (C=O) groups excluding carboxylic acids is 2. The number of aliphatic carboxylic acids is 1. The predicted molar refractivity (Wildman–Crippen MR) is 88.3 cm³/mol. The first kappa shape index (κ1) is 16.2. The number of benzene rings is 1. The van der Waals surface area contributed by atoms with Gasteiger partial charge < -0.3 is 9.90 Å².